The summed E-state index contributed by atoms with van der Waals surface area (Å²) >= 11 is 3.32. The lowest BCUT2D eigenvalue weighted by Crippen LogP contribution is -2.12. The van der Waals surface area contributed by atoms with Gasteiger partial charge in [0.25, 0.3) is 0 Å². The summed E-state index contributed by atoms with van der Waals surface area (Å²) in [6.45, 7) is 1.93. The molecule has 0 spiro atoms. The van der Waals surface area contributed by atoms with E-state index < -0.39 is 6.10 Å². The molecule has 0 aliphatic carbocycles. The summed E-state index contributed by atoms with van der Waals surface area (Å²) in [5, 5.41) is 17.9. The molecule has 0 saturated carbocycles. The van der Waals surface area contributed by atoms with Crippen molar-refractivity contribution in [3.05, 3.63) is 28.2 Å². The zero-order valence-electron chi connectivity index (χ0n) is 7.90. The van der Waals surface area contributed by atoms with Crippen LogP contribution < -0.4 is 4.74 Å². The van der Waals surface area contributed by atoms with Crippen molar-refractivity contribution in [1.29, 1.82) is 0 Å². The van der Waals surface area contributed by atoms with Crippen molar-refractivity contribution in [3.8, 4) is 5.75 Å². The summed E-state index contributed by atoms with van der Waals surface area (Å²) in [7, 11) is 0. The fraction of sp³-hybridized carbons (Fsp3) is 0.400. The third-order valence-electron chi connectivity index (χ3n) is 1.66. The number of aliphatic hydroxyl groups is 2. The van der Waals surface area contributed by atoms with Crippen LogP contribution >= 0.6 is 15.9 Å². The lowest BCUT2D eigenvalue weighted by atomic mass is 10.2. The first kappa shape index (κ1) is 11.5. The molecule has 0 amide bonds. The molecule has 0 heterocycles. The first-order valence-corrected chi connectivity index (χ1v) is 5.13. The van der Waals surface area contributed by atoms with Crippen LogP contribution in [0.15, 0.2) is 22.7 Å². The van der Waals surface area contributed by atoms with Gasteiger partial charge in [0.15, 0.2) is 0 Å². The average molecular weight is 261 g/mol. The number of halogens is 1. The van der Waals surface area contributed by atoms with E-state index in [1.54, 1.807) is 25.1 Å². The minimum atomic E-state index is -0.487. The Morgan fingerprint density at radius 2 is 2.21 bits per heavy atom. The Balaban J connectivity index is 2.69. The van der Waals surface area contributed by atoms with Crippen molar-refractivity contribution in [2.75, 3.05) is 6.61 Å². The molecule has 1 aromatic rings. The van der Waals surface area contributed by atoms with Crippen LogP contribution in [0.2, 0.25) is 0 Å². The van der Waals surface area contributed by atoms with Crippen LogP contribution in [0.3, 0.4) is 0 Å². The summed E-state index contributed by atoms with van der Waals surface area (Å²) in [6.07, 6.45) is -0.487. The lowest BCUT2D eigenvalue weighted by molar-refractivity contribution is 0.122. The van der Waals surface area contributed by atoms with Crippen molar-refractivity contribution < 1.29 is 14.9 Å². The highest BCUT2D eigenvalue weighted by molar-refractivity contribution is 9.10. The molecule has 0 saturated heterocycles. The van der Waals surface area contributed by atoms with Crippen molar-refractivity contribution in [2.45, 2.75) is 19.6 Å². The first-order chi connectivity index (χ1) is 6.63. The van der Waals surface area contributed by atoms with Crippen LogP contribution in [-0.2, 0) is 6.61 Å². The minimum absolute atomic E-state index is 0.00921. The zero-order valence-corrected chi connectivity index (χ0v) is 9.49. The number of hydrogen-bond donors (Lipinski definition) is 2. The molecule has 78 valence electrons. The summed E-state index contributed by atoms with van der Waals surface area (Å²) in [6, 6.07) is 5.33. The van der Waals surface area contributed by atoms with Crippen molar-refractivity contribution in [3.63, 3.8) is 0 Å². The van der Waals surface area contributed by atoms with E-state index >= 15 is 0 Å². The Morgan fingerprint density at radius 3 is 2.71 bits per heavy atom. The molecule has 0 radical (unpaired) electrons. The van der Waals surface area contributed by atoms with Gasteiger partial charge in [-0.2, -0.15) is 0 Å². The van der Waals surface area contributed by atoms with Gasteiger partial charge in [0, 0.05) is 0 Å². The summed E-state index contributed by atoms with van der Waals surface area (Å²) < 4.78 is 6.10. The predicted molar refractivity (Wildman–Crippen MR) is 57.2 cm³/mol. The third kappa shape index (κ3) is 3.29. The van der Waals surface area contributed by atoms with Gasteiger partial charge < -0.3 is 14.9 Å². The second-order valence-electron chi connectivity index (χ2n) is 3.08. The molecule has 1 rings (SSSR count). The fourth-order valence-corrected chi connectivity index (χ4v) is 1.51. The Bertz CT molecular complexity index is 299. The molecule has 1 aromatic carbocycles. The smallest absolute Gasteiger partial charge is 0.133 e. The predicted octanol–water partition coefficient (Wildman–Crippen LogP) is 1.70. The van der Waals surface area contributed by atoms with E-state index in [4.69, 9.17) is 14.9 Å². The fourth-order valence-electron chi connectivity index (χ4n) is 0.970. The number of aliphatic hydroxyl groups excluding tert-OH is 2. The van der Waals surface area contributed by atoms with E-state index in [0.717, 1.165) is 10.0 Å². The third-order valence-corrected chi connectivity index (χ3v) is 2.28. The van der Waals surface area contributed by atoms with Crippen molar-refractivity contribution in [2.24, 2.45) is 0 Å². The highest BCUT2D eigenvalue weighted by Crippen LogP contribution is 2.26. The number of ether oxygens (including phenoxy) is 1. The van der Waals surface area contributed by atoms with Crippen LogP contribution in [0, 0.1) is 0 Å². The van der Waals surface area contributed by atoms with Gasteiger partial charge in [0.1, 0.15) is 12.4 Å². The molecular formula is C10H13BrO3. The molecule has 1 unspecified atom stereocenters. The van der Waals surface area contributed by atoms with Gasteiger partial charge in [0.2, 0.25) is 0 Å². The monoisotopic (exact) mass is 260 g/mol. The highest BCUT2D eigenvalue weighted by atomic mass is 79.9. The Labute approximate surface area is 91.5 Å². The van der Waals surface area contributed by atoms with Crippen LogP contribution in [-0.4, -0.2) is 22.9 Å². The summed E-state index contributed by atoms with van der Waals surface area (Å²) in [5.74, 6) is 0.670. The Kier molecular flexibility index (Phi) is 4.38. The Hall–Kier alpha value is -0.580. The molecule has 0 aliphatic heterocycles. The minimum Gasteiger partial charge on any atom is -0.490 e. The van der Waals surface area contributed by atoms with Crippen LogP contribution in [0.1, 0.15) is 12.5 Å². The topological polar surface area (TPSA) is 49.7 Å². The van der Waals surface area contributed by atoms with Gasteiger partial charge >= 0.3 is 0 Å². The number of benzene rings is 1. The molecule has 2 N–H and O–H groups in total. The van der Waals surface area contributed by atoms with Gasteiger partial charge in [-0.1, -0.05) is 6.07 Å². The highest BCUT2D eigenvalue weighted by Gasteiger charge is 2.03. The summed E-state index contributed by atoms with van der Waals surface area (Å²) in [4.78, 5) is 0. The lowest BCUT2D eigenvalue weighted by Gasteiger charge is -2.10. The molecule has 0 aliphatic rings. The van der Waals surface area contributed by atoms with Gasteiger partial charge in [-0.15, -0.1) is 0 Å². The standard InChI is InChI=1S/C10H13BrO3/c1-7(13)6-14-10-3-2-8(5-12)4-9(10)11/h2-4,7,12-13H,5-6H2,1H3. The molecule has 0 fully saturated rings. The largest absolute Gasteiger partial charge is 0.490 e. The van der Waals surface area contributed by atoms with Crippen molar-refractivity contribution >= 4 is 15.9 Å². The van der Waals surface area contributed by atoms with Gasteiger partial charge in [-0.3, -0.25) is 0 Å². The first-order valence-electron chi connectivity index (χ1n) is 4.33. The normalized spacial score (nSPS) is 12.6. The Morgan fingerprint density at radius 1 is 1.50 bits per heavy atom. The maximum absolute atomic E-state index is 9.03. The van der Waals surface area contributed by atoms with Crippen molar-refractivity contribution in [1.82, 2.24) is 0 Å². The van der Waals surface area contributed by atoms with E-state index in [9.17, 15) is 0 Å². The molecule has 4 heteroatoms. The zero-order chi connectivity index (χ0) is 10.6. The van der Waals surface area contributed by atoms with Gasteiger partial charge in [0.05, 0.1) is 17.2 Å². The molecule has 1 atom stereocenters. The second kappa shape index (κ2) is 5.34. The van der Waals surface area contributed by atoms with E-state index in [1.807, 2.05) is 0 Å². The number of hydrogen-bond acceptors (Lipinski definition) is 3. The van der Waals surface area contributed by atoms with Crippen LogP contribution in [0.5, 0.6) is 5.75 Å². The van der Waals surface area contributed by atoms with Gasteiger partial charge in [-0.05, 0) is 40.5 Å². The van der Waals surface area contributed by atoms with Gasteiger partial charge in [-0.25, -0.2) is 0 Å². The second-order valence-corrected chi connectivity index (χ2v) is 3.94. The number of rotatable bonds is 4. The SMILES string of the molecule is CC(O)COc1ccc(CO)cc1Br. The summed E-state index contributed by atoms with van der Waals surface area (Å²) in [5.41, 5.74) is 0.821. The average Bonchev–Trinajstić information content (AvgIpc) is 2.15. The van der Waals surface area contributed by atoms with E-state index in [0.29, 0.717) is 5.75 Å². The molecule has 14 heavy (non-hydrogen) atoms. The van der Waals surface area contributed by atoms with Crippen LogP contribution in [0.25, 0.3) is 0 Å². The maximum Gasteiger partial charge on any atom is 0.133 e. The maximum atomic E-state index is 9.03. The van der Waals surface area contributed by atoms with Crippen LogP contribution in [0.4, 0.5) is 0 Å². The molecule has 3 nitrogen and oxygen atoms in total. The van der Waals surface area contributed by atoms with E-state index in [-0.39, 0.29) is 13.2 Å². The molecular weight excluding hydrogens is 248 g/mol. The van der Waals surface area contributed by atoms with E-state index in [2.05, 4.69) is 15.9 Å². The van der Waals surface area contributed by atoms with E-state index in [1.165, 1.54) is 0 Å². The quantitative estimate of drug-likeness (QED) is 0.867. The molecule has 0 aromatic heterocycles. The molecule has 0 bridgehead atoms.